The summed E-state index contributed by atoms with van der Waals surface area (Å²) in [6.07, 6.45) is 2.24. The molecule has 1 aromatic rings. The Morgan fingerprint density at radius 3 is 2.85 bits per heavy atom. The molecule has 1 N–H and O–H groups in total. The molecule has 0 fully saturated rings. The van der Waals surface area contributed by atoms with Gasteiger partial charge in [0.1, 0.15) is 0 Å². The number of nitrogens with one attached hydrogen (secondary N) is 1. The van der Waals surface area contributed by atoms with E-state index in [-0.39, 0.29) is 0 Å². The number of fused-ring (bicyclic) bond motifs is 1. The van der Waals surface area contributed by atoms with Crippen molar-refractivity contribution in [2.45, 2.75) is 19.8 Å². The van der Waals surface area contributed by atoms with E-state index in [1.165, 1.54) is 5.56 Å². The summed E-state index contributed by atoms with van der Waals surface area (Å²) in [5.74, 6) is 0. The topological polar surface area (TPSA) is 12.0 Å². The zero-order chi connectivity index (χ0) is 9.42. The first-order valence-electron chi connectivity index (χ1n) is 4.41. The Balaban J connectivity index is 2.63. The van der Waals surface area contributed by atoms with Gasteiger partial charge in [-0.3, -0.25) is 0 Å². The molecular formula is C10H11Cl2N. The lowest BCUT2D eigenvalue weighted by atomic mass is 9.98. The predicted molar refractivity (Wildman–Crippen MR) is 58.0 cm³/mol. The number of benzene rings is 1. The first-order chi connectivity index (χ1) is 6.20. The van der Waals surface area contributed by atoms with E-state index in [4.69, 9.17) is 23.2 Å². The van der Waals surface area contributed by atoms with Crippen LogP contribution in [0.4, 0.5) is 5.69 Å². The van der Waals surface area contributed by atoms with Gasteiger partial charge >= 0.3 is 0 Å². The summed E-state index contributed by atoms with van der Waals surface area (Å²) in [5.41, 5.74) is 3.52. The molecule has 0 unspecified atom stereocenters. The Kier molecular flexibility index (Phi) is 2.39. The molecule has 0 atom stereocenters. The lowest BCUT2D eigenvalue weighted by Gasteiger charge is -2.21. The maximum atomic E-state index is 6.07. The minimum atomic E-state index is 0.741. The van der Waals surface area contributed by atoms with Crippen molar-refractivity contribution in [3.05, 3.63) is 27.2 Å². The maximum Gasteiger partial charge on any atom is 0.0655 e. The molecule has 13 heavy (non-hydrogen) atoms. The minimum Gasteiger partial charge on any atom is -0.384 e. The second-order valence-electron chi connectivity index (χ2n) is 3.35. The highest BCUT2D eigenvalue weighted by atomic mass is 35.5. The zero-order valence-corrected chi connectivity index (χ0v) is 8.97. The van der Waals surface area contributed by atoms with Crippen LogP contribution in [-0.4, -0.2) is 6.54 Å². The van der Waals surface area contributed by atoms with E-state index >= 15 is 0 Å². The number of hydrogen-bond acceptors (Lipinski definition) is 1. The third-order valence-electron chi connectivity index (χ3n) is 2.51. The second kappa shape index (κ2) is 3.39. The molecule has 70 valence electrons. The Morgan fingerprint density at radius 2 is 2.08 bits per heavy atom. The second-order valence-corrected chi connectivity index (χ2v) is 4.16. The van der Waals surface area contributed by atoms with Crippen LogP contribution in [-0.2, 0) is 6.42 Å². The number of halogens is 2. The van der Waals surface area contributed by atoms with Crippen molar-refractivity contribution in [3.8, 4) is 0 Å². The summed E-state index contributed by atoms with van der Waals surface area (Å²) < 4.78 is 0. The van der Waals surface area contributed by atoms with Gasteiger partial charge in [0.25, 0.3) is 0 Å². The molecular weight excluding hydrogens is 205 g/mol. The smallest absolute Gasteiger partial charge is 0.0655 e. The molecule has 2 rings (SSSR count). The predicted octanol–water partition coefficient (Wildman–Crippen LogP) is 3.66. The van der Waals surface area contributed by atoms with Crippen LogP contribution in [0.15, 0.2) is 6.07 Å². The molecule has 0 aromatic heterocycles. The molecule has 0 aliphatic carbocycles. The Morgan fingerprint density at radius 1 is 1.31 bits per heavy atom. The van der Waals surface area contributed by atoms with E-state index < -0.39 is 0 Å². The molecule has 1 heterocycles. The fourth-order valence-electron chi connectivity index (χ4n) is 1.75. The van der Waals surface area contributed by atoms with Gasteiger partial charge in [-0.2, -0.15) is 0 Å². The van der Waals surface area contributed by atoms with Crippen LogP contribution in [0.25, 0.3) is 0 Å². The van der Waals surface area contributed by atoms with E-state index in [9.17, 15) is 0 Å². The summed E-state index contributed by atoms with van der Waals surface area (Å²) in [7, 11) is 0. The van der Waals surface area contributed by atoms with E-state index in [0.717, 1.165) is 40.7 Å². The van der Waals surface area contributed by atoms with Crippen LogP contribution >= 0.6 is 23.2 Å². The molecule has 0 saturated carbocycles. The third kappa shape index (κ3) is 1.51. The fraction of sp³-hybridized carbons (Fsp3) is 0.400. The summed E-state index contributed by atoms with van der Waals surface area (Å²) >= 11 is 12.1. The number of anilines is 1. The van der Waals surface area contributed by atoms with E-state index in [1.807, 2.05) is 13.0 Å². The van der Waals surface area contributed by atoms with Gasteiger partial charge in [-0.25, -0.2) is 0 Å². The van der Waals surface area contributed by atoms with Crippen molar-refractivity contribution >= 4 is 28.9 Å². The number of hydrogen-bond donors (Lipinski definition) is 1. The molecule has 0 saturated heterocycles. The van der Waals surface area contributed by atoms with Gasteiger partial charge in [-0.1, -0.05) is 23.2 Å². The molecule has 0 bridgehead atoms. The van der Waals surface area contributed by atoms with Gasteiger partial charge in [-0.15, -0.1) is 0 Å². The van der Waals surface area contributed by atoms with Gasteiger partial charge in [0.05, 0.1) is 10.7 Å². The largest absolute Gasteiger partial charge is 0.384 e. The van der Waals surface area contributed by atoms with Crippen molar-refractivity contribution in [3.63, 3.8) is 0 Å². The van der Waals surface area contributed by atoms with Gasteiger partial charge < -0.3 is 5.32 Å². The Hall–Kier alpha value is -0.400. The quantitative estimate of drug-likeness (QED) is 0.697. The lowest BCUT2D eigenvalue weighted by Crippen LogP contribution is -2.13. The van der Waals surface area contributed by atoms with Crippen LogP contribution in [0, 0.1) is 6.92 Å². The van der Waals surface area contributed by atoms with Crippen molar-refractivity contribution in [2.75, 3.05) is 11.9 Å². The summed E-state index contributed by atoms with van der Waals surface area (Å²) in [5, 5.41) is 4.82. The number of rotatable bonds is 0. The van der Waals surface area contributed by atoms with Crippen molar-refractivity contribution in [1.82, 2.24) is 0 Å². The average molecular weight is 216 g/mol. The first kappa shape index (κ1) is 9.17. The minimum absolute atomic E-state index is 0.741. The fourth-order valence-corrected chi connectivity index (χ4v) is 2.32. The van der Waals surface area contributed by atoms with E-state index in [0.29, 0.717) is 0 Å². The van der Waals surface area contributed by atoms with Crippen molar-refractivity contribution < 1.29 is 0 Å². The normalized spacial score (nSPS) is 15.0. The average Bonchev–Trinajstić information content (AvgIpc) is 2.15. The molecule has 1 aliphatic rings. The van der Waals surface area contributed by atoms with Gasteiger partial charge in [-0.05, 0) is 37.0 Å². The highest BCUT2D eigenvalue weighted by Crippen LogP contribution is 2.36. The van der Waals surface area contributed by atoms with E-state index in [2.05, 4.69) is 5.32 Å². The first-order valence-corrected chi connectivity index (χ1v) is 5.17. The van der Waals surface area contributed by atoms with Crippen molar-refractivity contribution in [2.24, 2.45) is 0 Å². The lowest BCUT2D eigenvalue weighted by molar-refractivity contribution is 0.824. The highest BCUT2D eigenvalue weighted by Gasteiger charge is 2.16. The van der Waals surface area contributed by atoms with E-state index in [1.54, 1.807) is 0 Å². The summed E-state index contributed by atoms with van der Waals surface area (Å²) in [6, 6.07) is 1.82. The molecule has 0 amide bonds. The van der Waals surface area contributed by atoms with Gasteiger partial charge in [0, 0.05) is 11.6 Å². The Labute approximate surface area is 88.0 Å². The van der Waals surface area contributed by atoms with Crippen LogP contribution in [0.3, 0.4) is 0 Å². The van der Waals surface area contributed by atoms with Gasteiger partial charge in [0.15, 0.2) is 0 Å². The molecule has 1 aliphatic heterocycles. The molecule has 1 nitrogen and oxygen atoms in total. The maximum absolute atomic E-state index is 6.07. The van der Waals surface area contributed by atoms with Gasteiger partial charge in [0.2, 0.25) is 0 Å². The molecule has 0 spiro atoms. The molecule has 1 aromatic carbocycles. The van der Waals surface area contributed by atoms with Crippen LogP contribution in [0.5, 0.6) is 0 Å². The summed E-state index contributed by atoms with van der Waals surface area (Å²) in [4.78, 5) is 0. The monoisotopic (exact) mass is 215 g/mol. The van der Waals surface area contributed by atoms with Crippen LogP contribution in [0.2, 0.25) is 10.0 Å². The van der Waals surface area contributed by atoms with Crippen LogP contribution < -0.4 is 5.32 Å². The van der Waals surface area contributed by atoms with Crippen molar-refractivity contribution in [1.29, 1.82) is 0 Å². The Bertz CT molecular complexity index is 347. The third-order valence-corrected chi connectivity index (χ3v) is 3.20. The molecule has 3 heteroatoms. The highest BCUT2D eigenvalue weighted by molar-refractivity contribution is 6.37. The SMILES string of the molecule is Cc1c(Cl)cc(Cl)c2c1CCCN2. The standard InChI is InChI=1S/C10H11Cl2N/c1-6-7-3-2-4-13-10(7)9(12)5-8(6)11/h5,13H,2-4H2,1H3. The zero-order valence-electron chi connectivity index (χ0n) is 7.45. The molecule has 0 radical (unpaired) electrons. The van der Waals surface area contributed by atoms with Crippen LogP contribution in [0.1, 0.15) is 17.5 Å². The summed E-state index contributed by atoms with van der Waals surface area (Å²) in [6.45, 7) is 3.05.